The summed E-state index contributed by atoms with van der Waals surface area (Å²) in [5, 5.41) is 21.2. The smallest absolute Gasteiger partial charge is 0.123 e. The van der Waals surface area contributed by atoms with Crippen molar-refractivity contribution in [1.29, 1.82) is 0 Å². The van der Waals surface area contributed by atoms with Crippen molar-refractivity contribution in [3.63, 3.8) is 0 Å². The van der Waals surface area contributed by atoms with Crippen LogP contribution in [0.4, 0.5) is 0 Å². The quantitative estimate of drug-likeness (QED) is 0.510. The standard InChI is InChI=1S/C21H30O2/c1-5-6-7-8-16-12-19(22)21(20(23)13-16)18-11-15(4)9-10-17(18)14(2)3/h11-13,17-18,22-23H,2,5-10H2,1,3-4H3/i4D3. The maximum Gasteiger partial charge on any atom is 0.123 e. The second kappa shape index (κ2) is 7.72. The maximum atomic E-state index is 10.6. The zero-order chi connectivity index (χ0) is 19.5. The molecule has 23 heavy (non-hydrogen) atoms. The third kappa shape index (κ3) is 4.19. The molecule has 0 saturated heterocycles. The number of aromatic hydroxyl groups is 2. The summed E-state index contributed by atoms with van der Waals surface area (Å²) in [4.78, 5) is 0. The lowest BCUT2D eigenvalue weighted by atomic mass is 9.73. The number of phenols is 2. The monoisotopic (exact) mass is 317 g/mol. The van der Waals surface area contributed by atoms with Gasteiger partial charge in [-0.2, -0.15) is 0 Å². The molecule has 0 radical (unpaired) electrons. The maximum absolute atomic E-state index is 10.6. The highest BCUT2D eigenvalue weighted by Crippen LogP contribution is 2.46. The van der Waals surface area contributed by atoms with Gasteiger partial charge in [-0.1, -0.05) is 43.6 Å². The lowest BCUT2D eigenvalue weighted by molar-refractivity contribution is 0.406. The number of unbranched alkanes of at least 4 members (excludes halogenated alkanes) is 2. The van der Waals surface area contributed by atoms with Gasteiger partial charge in [0.05, 0.1) is 0 Å². The van der Waals surface area contributed by atoms with Gasteiger partial charge in [0.2, 0.25) is 0 Å². The van der Waals surface area contributed by atoms with Crippen LogP contribution in [0.25, 0.3) is 0 Å². The van der Waals surface area contributed by atoms with Crippen LogP contribution in [-0.4, -0.2) is 10.2 Å². The van der Waals surface area contributed by atoms with E-state index in [1.165, 1.54) is 0 Å². The highest BCUT2D eigenvalue weighted by atomic mass is 16.3. The van der Waals surface area contributed by atoms with E-state index >= 15 is 0 Å². The van der Waals surface area contributed by atoms with Gasteiger partial charge in [0.25, 0.3) is 0 Å². The average Bonchev–Trinajstić information content (AvgIpc) is 2.53. The van der Waals surface area contributed by atoms with E-state index in [1.54, 1.807) is 18.2 Å². The van der Waals surface area contributed by atoms with Crippen molar-refractivity contribution >= 4 is 0 Å². The Morgan fingerprint density at radius 2 is 2.00 bits per heavy atom. The molecule has 1 aliphatic carbocycles. The number of allylic oxidation sites excluding steroid dienone is 3. The summed E-state index contributed by atoms with van der Waals surface area (Å²) in [5.74, 6) is -0.295. The molecule has 2 N–H and O–H groups in total. The number of hydrogen-bond donors (Lipinski definition) is 2. The Kier molecular flexibility index (Phi) is 4.60. The summed E-state index contributed by atoms with van der Waals surface area (Å²) < 4.78 is 23.1. The molecule has 1 aliphatic rings. The molecule has 126 valence electrons. The average molecular weight is 317 g/mol. The van der Waals surface area contributed by atoms with Gasteiger partial charge in [-0.05, 0) is 63.1 Å². The molecule has 1 aromatic carbocycles. The molecule has 0 amide bonds. The Labute approximate surface area is 144 Å². The van der Waals surface area contributed by atoms with Crippen molar-refractivity contribution in [1.82, 2.24) is 0 Å². The van der Waals surface area contributed by atoms with Gasteiger partial charge in [-0.3, -0.25) is 0 Å². The number of hydrogen-bond acceptors (Lipinski definition) is 2. The van der Waals surface area contributed by atoms with Crippen LogP contribution in [0.3, 0.4) is 0 Å². The first-order valence-corrected chi connectivity index (χ1v) is 8.56. The van der Waals surface area contributed by atoms with Crippen LogP contribution in [-0.2, 0) is 6.42 Å². The van der Waals surface area contributed by atoms with Crippen LogP contribution in [0.5, 0.6) is 11.5 Å². The van der Waals surface area contributed by atoms with Crippen LogP contribution in [0.15, 0.2) is 35.9 Å². The molecule has 2 rings (SSSR count). The minimum atomic E-state index is -2.15. The van der Waals surface area contributed by atoms with E-state index in [0.29, 0.717) is 24.0 Å². The van der Waals surface area contributed by atoms with Gasteiger partial charge < -0.3 is 10.2 Å². The molecular formula is C21H30O2. The summed E-state index contributed by atoms with van der Waals surface area (Å²) >= 11 is 0. The Morgan fingerprint density at radius 1 is 1.30 bits per heavy atom. The third-order valence-corrected chi connectivity index (χ3v) is 4.77. The van der Waals surface area contributed by atoms with Crippen molar-refractivity contribution in [2.75, 3.05) is 0 Å². The first kappa shape index (κ1) is 13.7. The van der Waals surface area contributed by atoms with Gasteiger partial charge in [-0.25, -0.2) is 0 Å². The fraction of sp³-hybridized carbons (Fsp3) is 0.524. The van der Waals surface area contributed by atoms with Crippen molar-refractivity contribution in [3.05, 3.63) is 47.1 Å². The van der Waals surface area contributed by atoms with Gasteiger partial charge in [0, 0.05) is 15.6 Å². The fourth-order valence-corrected chi connectivity index (χ4v) is 3.49. The second-order valence-corrected chi connectivity index (χ2v) is 6.71. The topological polar surface area (TPSA) is 40.5 Å². The number of aryl methyl sites for hydroxylation is 1. The summed E-state index contributed by atoms with van der Waals surface area (Å²) in [6, 6.07) is 3.41. The first-order valence-electron chi connectivity index (χ1n) is 10.1. The molecule has 0 heterocycles. The van der Waals surface area contributed by atoms with E-state index in [4.69, 9.17) is 4.11 Å². The molecule has 2 atom stereocenters. The normalized spacial score (nSPS) is 23.6. The molecule has 2 unspecified atom stereocenters. The third-order valence-electron chi connectivity index (χ3n) is 4.77. The lowest BCUT2D eigenvalue weighted by Crippen LogP contribution is -2.17. The highest BCUT2D eigenvalue weighted by molar-refractivity contribution is 5.51. The molecule has 0 aliphatic heterocycles. The molecule has 0 spiro atoms. The minimum absolute atomic E-state index is 0.00356. The second-order valence-electron chi connectivity index (χ2n) is 6.71. The van der Waals surface area contributed by atoms with Crippen molar-refractivity contribution in [3.8, 4) is 11.5 Å². The van der Waals surface area contributed by atoms with Crippen LogP contribution < -0.4 is 0 Å². The predicted octanol–water partition coefficient (Wildman–Crippen LogP) is 5.85. The van der Waals surface area contributed by atoms with Crippen molar-refractivity contribution in [2.24, 2.45) is 5.92 Å². The van der Waals surface area contributed by atoms with Gasteiger partial charge in [0.1, 0.15) is 11.5 Å². The first-order chi connectivity index (χ1) is 12.1. The molecule has 2 nitrogen and oxygen atoms in total. The molecule has 0 bridgehead atoms. The Hall–Kier alpha value is -1.70. The van der Waals surface area contributed by atoms with Gasteiger partial charge in [0.15, 0.2) is 0 Å². The van der Waals surface area contributed by atoms with E-state index in [2.05, 4.69) is 13.5 Å². The molecule has 0 aromatic heterocycles. The summed E-state index contributed by atoms with van der Waals surface area (Å²) in [6.07, 6.45) is 6.88. The van der Waals surface area contributed by atoms with Gasteiger partial charge >= 0.3 is 0 Å². The fourth-order valence-electron chi connectivity index (χ4n) is 3.49. The molecule has 1 aromatic rings. The largest absolute Gasteiger partial charge is 0.507 e. The SMILES string of the molecule is [2H]C([2H])([2H])C1=CC(c2c(O)cc(CCCCC)cc2O)C(C(=C)C)CC1. The van der Waals surface area contributed by atoms with Crippen LogP contribution in [0.1, 0.15) is 74.0 Å². The van der Waals surface area contributed by atoms with Crippen LogP contribution in [0.2, 0.25) is 0 Å². The summed E-state index contributed by atoms with van der Waals surface area (Å²) in [5.41, 5.74) is 2.64. The summed E-state index contributed by atoms with van der Waals surface area (Å²) in [6.45, 7) is 5.93. The predicted molar refractivity (Wildman–Crippen MR) is 97.0 cm³/mol. The summed E-state index contributed by atoms with van der Waals surface area (Å²) in [7, 11) is 0. The van der Waals surface area contributed by atoms with E-state index in [1.807, 2.05) is 6.92 Å². The Bertz CT molecular complexity index is 666. The van der Waals surface area contributed by atoms with Crippen LogP contribution >= 0.6 is 0 Å². The van der Waals surface area contributed by atoms with E-state index in [0.717, 1.165) is 36.8 Å². The Balaban J connectivity index is 2.43. The Morgan fingerprint density at radius 3 is 2.57 bits per heavy atom. The van der Waals surface area contributed by atoms with Crippen molar-refractivity contribution < 1.29 is 14.3 Å². The van der Waals surface area contributed by atoms with E-state index < -0.39 is 6.85 Å². The number of rotatable bonds is 6. The zero-order valence-electron chi connectivity index (χ0n) is 17.2. The highest BCUT2D eigenvalue weighted by Gasteiger charge is 2.29. The van der Waals surface area contributed by atoms with E-state index in [-0.39, 0.29) is 23.3 Å². The zero-order valence-corrected chi connectivity index (χ0v) is 14.2. The number of phenolic OH excluding ortho intramolecular Hbond substituents is 2. The van der Waals surface area contributed by atoms with Crippen LogP contribution in [0, 0.1) is 5.92 Å². The van der Waals surface area contributed by atoms with Gasteiger partial charge in [-0.15, -0.1) is 0 Å². The van der Waals surface area contributed by atoms with E-state index in [9.17, 15) is 10.2 Å². The molecule has 0 fully saturated rings. The molecular weight excluding hydrogens is 284 g/mol. The molecule has 2 heteroatoms. The lowest BCUT2D eigenvalue weighted by Gasteiger charge is -2.31. The molecule has 0 saturated carbocycles. The number of benzene rings is 1. The van der Waals surface area contributed by atoms with Crippen molar-refractivity contribution in [2.45, 2.75) is 65.1 Å². The minimum Gasteiger partial charge on any atom is -0.507 e.